The number of nitrogens with zero attached hydrogens (tertiary/aromatic N) is 2. The lowest BCUT2D eigenvalue weighted by atomic mass is 10.1. The lowest BCUT2D eigenvalue weighted by Gasteiger charge is -2.08. The van der Waals surface area contributed by atoms with Crippen LogP contribution in [0.5, 0.6) is 5.75 Å². The van der Waals surface area contributed by atoms with Crippen LogP contribution in [0.3, 0.4) is 0 Å². The second-order valence-corrected chi connectivity index (χ2v) is 5.23. The van der Waals surface area contributed by atoms with Gasteiger partial charge in [-0.3, -0.25) is 0 Å². The van der Waals surface area contributed by atoms with Gasteiger partial charge in [-0.25, -0.2) is 4.39 Å². The summed E-state index contributed by atoms with van der Waals surface area (Å²) in [5, 5.41) is 17.5. The van der Waals surface area contributed by atoms with Gasteiger partial charge in [-0.15, -0.1) is 0 Å². The van der Waals surface area contributed by atoms with Crippen LogP contribution < -0.4 is 4.74 Å². The molecule has 0 radical (unpaired) electrons. The van der Waals surface area contributed by atoms with Gasteiger partial charge in [-0.05, 0) is 42.0 Å². The first-order chi connectivity index (χ1) is 10.6. The first-order valence-corrected chi connectivity index (χ1v) is 7.10. The molecule has 108 valence electrons. The highest BCUT2D eigenvalue weighted by molar-refractivity contribution is 9.10. The number of benzene rings is 2. The number of ether oxygens (including phenoxy) is 1. The molecule has 0 aromatic heterocycles. The van der Waals surface area contributed by atoms with Crippen molar-refractivity contribution >= 4 is 22.0 Å². The average molecular weight is 357 g/mol. The summed E-state index contributed by atoms with van der Waals surface area (Å²) in [4.78, 5) is 0. The van der Waals surface area contributed by atoms with Gasteiger partial charge in [0.1, 0.15) is 35.9 Å². The Morgan fingerprint density at radius 2 is 1.95 bits per heavy atom. The normalized spacial score (nSPS) is 9.45. The number of hydrogen-bond acceptors (Lipinski definition) is 3. The molecular weight excluding hydrogens is 347 g/mol. The second kappa shape index (κ2) is 7.40. The molecule has 0 spiro atoms. The van der Waals surface area contributed by atoms with Crippen LogP contribution >= 0.6 is 15.9 Å². The number of nitriles is 2. The van der Waals surface area contributed by atoms with Crippen LogP contribution in [-0.2, 0) is 6.61 Å². The van der Waals surface area contributed by atoms with Gasteiger partial charge in [0.15, 0.2) is 0 Å². The maximum Gasteiger partial charge on any atom is 0.130 e. The Hall–Kier alpha value is -2.63. The van der Waals surface area contributed by atoms with Crippen LogP contribution in [0, 0.1) is 28.5 Å². The molecule has 2 aromatic rings. The molecule has 0 unspecified atom stereocenters. The lowest BCUT2D eigenvalue weighted by Crippen LogP contribution is -1.97. The van der Waals surface area contributed by atoms with Gasteiger partial charge in [0.05, 0.1) is 0 Å². The molecule has 22 heavy (non-hydrogen) atoms. The smallest absolute Gasteiger partial charge is 0.130 e. The van der Waals surface area contributed by atoms with Gasteiger partial charge in [0.25, 0.3) is 0 Å². The van der Waals surface area contributed by atoms with E-state index in [1.165, 1.54) is 18.2 Å². The zero-order chi connectivity index (χ0) is 15.9. The molecule has 0 atom stereocenters. The molecule has 0 aliphatic rings. The number of rotatable bonds is 4. The van der Waals surface area contributed by atoms with Gasteiger partial charge in [-0.2, -0.15) is 10.5 Å². The van der Waals surface area contributed by atoms with Crippen LogP contribution in [0.15, 0.2) is 52.5 Å². The molecule has 0 bridgehead atoms. The fraction of sp³-hybridized carbons (Fsp3) is 0.0588. The lowest BCUT2D eigenvalue weighted by molar-refractivity contribution is 0.305. The van der Waals surface area contributed by atoms with E-state index in [0.717, 1.165) is 4.47 Å². The quantitative estimate of drug-likeness (QED) is 0.752. The highest BCUT2D eigenvalue weighted by atomic mass is 79.9. The summed E-state index contributed by atoms with van der Waals surface area (Å²) in [6.45, 7) is 0.203. The van der Waals surface area contributed by atoms with Crippen molar-refractivity contribution in [2.45, 2.75) is 6.61 Å². The van der Waals surface area contributed by atoms with Crippen molar-refractivity contribution in [1.82, 2.24) is 0 Å². The SMILES string of the molecule is N#CC(C#N)=Cc1cccc(OCc2cc(F)ccc2Br)c1. The summed E-state index contributed by atoms with van der Waals surface area (Å²) in [7, 11) is 0. The van der Waals surface area contributed by atoms with Gasteiger partial charge in [0, 0.05) is 10.0 Å². The highest BCUT2D eigenvalue weighted by Crippen LogP contribution is 2.21. The Morgan fingerprint density at radius 1 is 1.18 bits per heavy atom. The summed E-state index contributed by atoms with van der Waals surface area (Å²) in [5.41, 5.74) is 1.40. The highest BCUT2D eigenvalue weighted by Gasteiger charge is 2.04. The molecule has 0 N–H and O–H groups in total. The molecular formula is C17H10BrFN2O. The predicted molar refractivity (Wildman–Crippen MR) is 84.1 cm³/mol. The standard InChI is InChI=1S/C17H10BrFN2O/c18-17-5-4-15(19)8-14(17)11-22-16-3-1-2-12(7-16)6-13(9-20)10-21/h1-8H,11H2. The van der Waals surface area contributed by atoms with E-state index in [1.807, 2.05) is 0 Å². The zero-order valence-electron chi connectivity index (χ0n) is 11.4. The van der Waals surface area contributed by atoms with Crippen molar-refractivity contribution in [2.24, 2.45) is 0 Å². The van der Waals surface area contributed by atoms with Crippen molar-refractivity contribution in [1.29, 1.82) is 10.5 Å². The molecule has 0 fully saturated rings. The predicted octanol–water partition coefficient (Wildman–Crippen LogP) is 4.60. The van der Waals surface area contributed by atoms with Crippen LogP contribution in [-0.4, -0.2) is 0 Å². The van der Waals surface area contributed by atoms with E-state index in [9.17, 15) is 4.39 Å². The Kier molecular flexibility index (Phi) is 5.30. The van der Waals surface area contributed by atoms with E-state index in [4.69, 9.17) is 15.3 Å². The molecule has 2 aromatic carbocycles. The molecule has 0 saturated heterocycles. The maximum atomic E-state index is 13.2. The summed E-state index contributed by atoms with van der Waals surface area (Å²) in [6, 6.07) is 15.0. The average Bonchev–Trinajstić information content (AvgIpc) is 2.54. The van der Waals surface area contributed by atoms with Crippen molar-refractivity contribution in [3.63, 3.8) is 0 Å². The van der Waals surface area contributed by atoms with Crippen LogP contribution in [0.2, 0.25) is 0 Å². The van der Waals surface area contributed by atoms with E-state index in [-0.39, 0.29) is 18.0 Å². The molecule has 3 nitrogen and oxygen atoms in total. The van der Waals surface area contributed by atoms with E-state index >= 15 is 0 Å². The maximum absolute atomic E-state index is 13.2. The zero-order valence-corrected chi connectivity index (χ0v) is 13.0. The Morgan fingerprint density at radius 3 is 2.68 bits per heavy atom. The van der Waals surface area contributed by atoms with Crippen molar-refractivity contribution in [3.05, 3.63) is 69.5 Å². The third kappa shape index (κ3) is 4.18. The summed E-state index contributed by atoms with van der Waals surface area (Å²) >= 11 is 3.34. The van der Waals surface area contributed by atoms with Crippen molar-refractivity contribution < 1.29 is 9.13 Å². The van der Waals surface area contributed by atoms with Crippen LogP contribution in [0.1, 0.15) is 11.1 Å². The topological polar surface area (TPSA) is 56.8 Å². The first-order valence-electron chi connectivity index (χ1n) is 6.31. The molecule has 0 aliphatic heterocycles. The first kappa shape index (κ1) is 15.8. The Bertz CT molecular complexity index is 787. The molecule has 5 heteroatoms. The molecule has 2 rings (SSSR count). The largest absolute Gasteiger partial charge is 0.489 e. The van der Waals surface area contributed by atoms with Crippen molar-refractivity contribution in [3.8, 4) is 17.9 Å². The van der Waals surface area contributed by atoms with E-state index in [1.54, 1.807) is 42.5 Å². The van der Waals surface area contributed by atoms with Gasteiger partial charge in [-0.1, -0.05) is 28.1 Å². The third-order valence-corrected chi connectivity index (χ3v) is 3.59. The summed E-state index contributed by atoms with van der Waals surface area (Å²) < 4.78 is 19.6. The summed E-state index contributed by atoms with van der Waals surface area (Å²) in [6.07, 6.45) is 1.48. The monoisotopic (exact) mass is 356 g/mol. The third-order valence-electron chi connectivity index (χ3n) is 2.81. The van der Waals surface area contributed by atoms with Crippen LogP contribution in [0.25, 0.3) is 6.08 Å². The number of halogens is 2. The van der Waals surface area contributed by atoms with E-state index < -0.39 is 0 Å². The fourth-order valence-electron chi connectivity index (χ4n) is 1.77. The molecule has 0 heterocycles. The minimum atomic E-state index is -0.328. The minimum absolute atomic E-state index is 0.0185. The number of hydrogen-bond donors (Lipinski definition) is 0. The molecule has 0 saturated carbocycles. The molecule has 0 amide bonds. The second-order valence-electron chi connectivity index (χ2n) is 4.38. The Balaban J connectivity index is 2.15. The van der Waals surface area contributed by atoms with Gasteiger partial charge in [0.2, 0.25) is 0 Å². The summed E-state index contributed by atoms with van der Waals surface area (Å²) in [5.74, 6) is 0.242. The minimum Gasteiger partial charge on any atom is -0.489 e. The number of allylic oxidation sites excluding steroid dienone is 1. The van der Waals surface area contributed by atoms with Crippen LogP contribution in [0.4, 0.5) is 4.39 Å². The van der Waals surface area contributed by atoms with Gasteiger partial charge < -0.3 is 4.74 Å². The van der Waals surface area contributed by atoms with E-state index in [2.05, 4.69) is 15.9 Å². The van der Waals surface area contributed by atoms with E-state index in [0.29, 0.717) is 16.9 Å². The Labute approximate surface area is 136 Å². The molecule has 0 aliphatic carbocycles. The fourth-order valence-corrected chi connectivity index (χ4v) is 2.13. The van der Waals surface area contributed by atoms with Gasteiger partial charge >= 0.3 is 0 Å². The van der Waals surface area contributed by atoms with Crippen molar-refractivity contribution in [2.75, 3.05) is 0 Å².